The molecule has 3 aromatic rings. The summed E-state index contributed by atoms with van der Waals surface area (Å²) in [4.78, 5) is 16.0. The fourth-order valence-electron chi connectivity index (χ4n) is 4.84. The van der Waals surface area contributed by atoms with Gasteiger partial charge in [0.2, 0.25) is 0 Å². The molecule has 2 saturated heterocycles. The van der Waals surface area contributed by atoms with Gasteiger partial charge in [0.25, 0.3) is 6.43 Å². The van der Waals surface area contributed by atoms with Crippen molar-refractivity contribution in [2.75, 3.05) is 36.0 Å². The van der Waals surface area contributed by atoms with Crippen molar-refractivity contribution in [3.63, 3.8) is 0 Å². The quantitative estimate of drug-likeness (QED) is 0.518. The largest absolute Gasteiger partial charge is 0.436 e. The molecule has 0 aromatic carbocycles. The molecule has 2 aliphatic rings. The van der Waals surface area contributed by atoms with Crippen LogP contribution in [0.2, 0.25) is 0 Å². The van der Waals surface area contributed by atoms with Crippen molar-refractivity contribution < 1.29 is 26.3 Å². The van der Waals surface area contributed by atoms with Crippen LogP contribution in [0.5, 0.6) is 0 Å². The Bertz CT molecular complexity index is 1190. The van der Waals surface area contributed by atoms with Gasteiger partial charge in [-0.1, -0.05) is 0 Å². The molecular formula is C21H21F6N7. The molecule has 2 fully saturated rings. The Balaban J connectivity index is 1.26. The van der Waals surface area contributed by atoms with Gasteiger partial charge in [-0.3, -0.25) is 0 Å². The molecule has 0 bridgehead atoms. The van der Waals surface area contributed by atoms with Crippen LogP contribution in [0.1, 0.15) is 25.0 Å². The van der Waals surface area contributed by atoms with Crippen LogP contribution in [0.25, 0.3) is 11.2 Å². The Morgan fingerprint density at radius 3 is 2.32 bits per heavy atom. The Kier molecular flexibility index (Phi) is 5.52. The highest BCUT2D eigenvalue weighted by Gasteiger charge is 2.42. The molecule has 0 N–H and O–H groups in total. The standard InChI is InChI=1S/C21H21F6N7/c22-14-7-13(8-29-18(14)21(25,26)27)33-6-3-20(12-33)1-4-32(5-2-20)17-10-28-15-9-30-34(11-16(23)24)19(15)31-17/h7-10,16H,1-6,11-12H2. The van der Waals surface area contributed by atoms with Gasteiger partial charge in [-0.15, -0.1) is 0 Å². The average Bonchev–Trinajstić information content (AvgIpc) is 3.37. The van der Waals surface area contributed by atoms with Gasteiger partial charge in [-0.2, -0.15) is 18.3 Å². The highest BCUT2D eigenvalue weighted by molar-refractivity contribution is 5.71. The molecule has 1 spiro atoms. The topological polar surface area (TPSA) is 63.0 Å². The number of piperidine rings is 1. The Labute approximate surface area is 190 Å². The summed E-state index contributed by atoms with van der Waals surface area (Å²) < 4.78 is 79.1. The Hall–Kier alpha value is -3.12. The minimum absolute atomic E-state index is 0.0509. The second-order valence-corrected chi connectivity index (χ2v) is 8.84. The lowest BCUT2D eigenvalue weighted by Gasteiger charge is -2.39. The van der Waals surface area contributed by atoms with Gasteiger partial charge < -0.3 is 9.80 Å². The molecule has 0 saturated carbocycles. The smallest absolute Gasteiger partial charge is 0.370 e. The number of nitrogens with zero attached hydrogens (tertiary/aromatic N) is 7. The molecule has 0 amide bonds. The first-order valence-corrected chi connectivity index (χ1v) is 10.8. The maximum Gasteiger partial charge on any atom is 0.436 e. The number of halogens is 6. The van der Waals surface area contributed by atoms with Crippen LogP contribution in [0.4, 0.5) is 37.8 Å². The lowest BCUT2D eigenvalue weighted by Crippen LogP contribution is -2.42. The summed E-state index contributed by atoms with van der Waals surface area (Å²) in [7, 11) is 0. The second-order valence-electron chi connectivity index (χ2n) is 8.84. The number of hydrogen-bond acceptors (Lipinski definition) is 6. The summed E-state index contributed by atoms with van der Waals surface area (Å²) in [6.45, 7) is 1.97. The lowest BCUT2D eigenvalue weighted by molar-refractivity contribution is -0.143. The van der Waals surface area contributed by atoms with E-state index in [-0.39, 0.29) is 5.41 Å². The number of hydrogen-bond donors (Lipinski definition) is 0. The van der Waals surface area contributed by atoms with E-state index in [9.17, 15) is 26.3 Å². The molecule has 34 heavy (non-hydrogen) atoms. The van der Waals surface area contributed by atoms with Crippen molar-refractivity contribution in [3.8, 4) is 0 Å². The van der Waals surface area contributed by atoms with E-state index < -0.39 is 30.7 Å². The predicted octanol–water partition coefficient (Wildman–Crippen LogP) is 4.14. The average molecular weight is 485 g/mol. The van der Waals surface area contributed by atoms with E-state index in [0.717, 1.165) is 36.2 Å². The zero-order chi connectivity index (χ0) is 24.1. The Morgan fingerprint density at radius 1 is 0.971 bits per heavy atom. The highest BCUT2D eigenvalue weighted by atomic mass is 19.4. The molecular weight excluding hydrogens is 464 g/mol. The molecule has 0 unspecified atom stereocenters. The molecule has 0 atom stereocenters. The van der Waals surface area contributed by atoms with Crippen LogP contribution in [-0.2, 0) is 12.7 Å². The molecule has 5 heterocycles. The first-order chi connectivity index (χ1) is 16.1. The van der Waals surface area contributed by atoms with Crippen molar-refractivity contribution >= 4 is 22.7 Å². The van der Waals surface area contributed by atoms with Gasteiger partial charge in [0.05, 0.1) is 24.3 Å². The molecule has 5 rings (SSSR count). The van der Waals surface area contributed by atoms with E-state index in [4.69, 9.17) is 0 Å². The molecule has 0 radical (unpaired) electrons. The van der Waals surface area contributed by atoms with E-state index in [1.165, 1.54) is 6.20 Å². The van der Waals surface area contributed by atoms with E-state index in [1.54, 1.807) is 6.20 Å². The van der Waals surface area contributed by atoms with Gasteiger partial charge in [0, 0.05) is 32.2 Å². The number of alkyl halides is 5. The molecule has 0 aliphatic carbocycles. The molecule has 2 aliphatic heterocycles. The summed E-state index contributed by atoms with van der Waals surface area (Å²) in [6.07, 6.45) is -0.862. The van der Waals surface area contributed by atoms with Crippen LogP contribution >= 0.6 is 0 Å². The van der Waals surface area contributed by atoms with Crippen molar-refractivity contribution in [3.05, 3.63) is 36.2 Å². The van der Waals surface area contributed by atoms with Crippen LogP contribution in [0, 0.1) is 11.2 Å². The molecule has 13 heteroatoms. The first kappa shape index (κ1) is 22.7. The Morgan fingerprint density at radius 2 is 1.68 bits per heavy atom. The monoisotopic (exact) mass is 485 g/mol. The van der Waals surface area contributed by atoms with Crippen molar-refractivity contribution in [1.82, 2.24) is 24.7 Å². The number of fused-ring (bicyclic) bond motifs is 1. The molecule has 182 valence electrons. The number of rotatable bonds is 4. The number of aromatic nitrogens is 5. The van der Waals surface area contributed by atoms with Gasteiger partial charge in [-0.25, -0.2) is 32.8 Å². The molecule has 7 nitrogen and oxygen atoms in total. The third-order valence-electron chi connectivity index (χ3n) is 6.69. The summed E-state index contributed by atoms with van der Waals surface area (Å²) >= 11 is 0. The van der Waals surface area contributed by atoms with E-state index in [2.05, 4.69) is 20.1 Å². The summed E-state index contributed by atoms with van der Waals surface area (Å²) in [5.74, 6) is -0.789. The number of anilines is 2. The summed E-state index contributed by atoms with van der Waals surface area (Å²) in [5.41, 5.74) is -0.464. The van der Waals surface area contributed by atoms with E-state index in [1.807, 2.05) is 9.80 Å². The minimum Gasteiger partial charge on any atom is -0.370 e. The van der Waals surface area contributed by atoms with Gasteiger partial charge in [-0.05, 0) is 24.7 Å². The van der Waals surface area contributed by atoms with Gasteiger partial charge >= 0.3 is 6.18 Å². The SMILES string of the molecule is Fc1cc(N2CCC3(CCN(c4cnc5cnn(CC(F)F)c5n4)CC3)C2)cnc1C(F)(F)F. The fourth-order valence-corrected chi connectivity index (χ4v) is 4.84. The summed E-state index contributed by atoms with van der Waals surface area (Å²) in [6, 6.07) is 0.900. The second kappa shape index (κ2) is 8.27. The molecule has 3 aromatic heterocycles. The third-order valence-corrected chi connectivity index (χ3v) is 6.69. The van der Waals surface area contributed by atoms with Crippen LogP contribution in [0.3, 0.4) is 0 Å². The first-order valence-electron chi connectivity index (χ1n) is 10.8. The normalized spacial score (nSPS) is 18.6. The maximum atomic E-state index is 14.0. The maximum absolute atomic E-state index is 14.0. The third kappa shape index (κ3) is 4.23. The number of pyridine rings is 1. The predicted molar refractivity (Wildman–Crippen MR) is 111 cm³/mol. The van der Waals surface area contributed by atoms with E-state index >= 15 is 0 Å². The van der Waals surface area contributed by atoms with Crippen molar-refractivity contribution in [1.29, 1.82) is 0 Å². The zero-order valence-corrected chi connectivity index (χ0v) is 17.9. The lowest BCUT2D eigenvalue weighted by atomic mass is 9.78. The van der Waals surface area contributed by atoms with Crippen molar-refractivity contribution in [2.24, 2.45) is 5.41 Å². The minimum atomic E-state index is -4.83. The van der Waals surface area contributed by atoms with Gasteiger partial charge in [0.15, 0.2) is 17.2 Å². The highest BCUT2D eigenvalue weighted by Crippen LogP contribution is 2.43. The zero-order valence-electron chi connectivity index (χ0n) is 17.9. The van der Waals surface area contributed by atoms with Gasteiger partial charge in [0.1, 0.15) is 17.9 Å². The van der Waals surface area contributed by atoms with Crippen molar-refractivity contribution in [2.45, 2.75) is 38.4 Å². The summed E-state index contributed by atoms with van der Waals surface area (Å²) in [5, 5.41) is 3.94. The van der Waals surface area contributed by atoms with Crippen LogP contribution in [0.15, 0.2) is 24.7 Å². The fraction of sp³-hybridized carbons (Fsp3) is 0.524. The van der Waals surface area contributed by atoms with E-state index in [0.29, 0.717) is 48.8 Å². The van der Waals surface area contributed by atoms with Crippen LogP contribution < -0.4 is 9.80 Å². The van der Waals surface area contributed by atoms with Crippen LogP contribution in [-0.4, -0.2) is 57.3 Å².